The molecule has 1 fully saturated rings. The number of likely N-dealkylation sites (tertiary alicyclic amines) is 1. The number of para-hydroxylation sites is 1. The molecule has 3 N–H and O–H groups in total. The molecular weight excluding hydrogens is 238 g/mol. The van der Waals surface area contributed by atoms with E-state index in [9.17, 15) is 0 Å². The van der Waals surface area contributed by atoms with Crippen LogP contribution in [0.2, 0.25) is 0 Å². The molecule has 1 aromatic rings. The molecule has 4 nitrogen and oxygen atoms in total. The Morgan fingerprint density at radius 3 is 2.95 bits per heavy atom. The van der Waals surface area contributed by atoms with Gasteiger partial charge in [-0.15, -0.1) is 0 Å². The average molecular weight is 263 g/mol. The van der Waals surface area contributed by atoms with Gasteiger partial charge in [-0.2, -0.15) is 0 Å². The van der Waals surface area contributed by atoms with E-state index < -0.39 is 0 Å². The van der Waals surface area contributed by atoms with Crippen molar-refractivity contribution in [2.45, 2.75) is 26.3 Å². The monoisotopic (exact) mass is 263 g/mol. The van der Waals surface area contributed by atoms with Gasteiger partial charge in [-0.25, -0.2) is 0 Å². The Bertz CT molecular complexity index is 422. The van der Waals surface area contributed by atoms with Gasteiger partial charge < -0.3 is 20.7 Å². The molecule has 106 valence electrons. The number of hydrogen-bond donors (Lipinski definition) is 2. The van der Waals surface area contributed by atoms with Crippen LogP contribution in [0.1, 0.15) is 20.3 Å². The molecule has 0 spiro atoms. The normalized spacial score (nSPS) is 24.2. The van der Waals surface area contributed by atoms with E-state index >= 15 is 0 Å². The average Bonchev–Trinajstić information content (AvgIpc) is 2.37. The van der Waals surface area contributed by atoms with Crippen molar-refractivity contribution in [1.29, 1.82) is 0 Å². The molecule has 4 heteroatoms. The topological polar surface area (TPSA) is 50.5 Å². The van der Waals surface area contributed by atoms with Crippen LogP contribution in [0.4, 0.5) is 11.4 Å². The number of hydrogen-bond acceptors (Lipinski definition) is 4. The van der Waals surface area contributed by atoms with Crippen molar-refractivity contribution in [3.05, 3.63) is 18.2 Å². The van der Waals surface area contributed by atoms with E-state index in [4.69, 9.17) is 10.5 Å². The van der Waals surface area contributed by atoms with Crippen LogP contribution in [0.3, 0.4) is 0 Å². The molecule has 2 atom stereocenters. The zero-order valence-electron chi connectivity index (χ0n) is 12.1. The minimum atomic E-state index is 0.482. The minimum absolute atomic E-state index is 0.482. The van der Waals surface area contributed by atoms with Crippen LogP contribution < -0.4 is 15.8 Å². The van der Waals surface area contributed by atoms with E-state index in [2.05, 4.69) is 24.2 Å². The van der Waals surface area contributed by atoms with Gasteiger partial charge in [0.05, 0.1) is 18.0 Å². The molecule has 1 aliphatic heterocycles. The zero-order chi connectivity index (χ0) is 13.8. The first-order valence-corrected chi connectivity index (χ1v) is 7.08. The smallest absolute Gasteiger partial charge is 0.144 e. The molecule has 1 aliphatic rings. The fraction of sp³-hybridized carbons (Fsp3) is 0.600. The number of anilines is 2. The second-order valence-electron chi connectivity index (χ2n) is 5.43. The predicted octanol–water partition coefficient (Wildman–Crippen LogP) is 2.42. The highest BCUT2D eigenvalue weighted by Crippen LogP contribution is 2.31. The summed E-state index contributed by atoms with van der Waals surface area (Å²) < 4.78 is 5.54. The van der Waals surface area contributed by atoms with Crippen molar-refractivity contribution in [3.8, 4) is 5.75 Å². The number of nitrogens with one attached hydrogen (secondary N) is 1. The summed E-state index contributed by atoms with van der Waals surface area (Å²) in [5.74, 6) is 1.39. The lowest BCUT2D eigenvalue weighted by Crippen LogP contribution is -2.43. The first-order chi connectivity index (χ1) is 9.11. The standard InChI is InChI=1S/C15H25N3O/c1-4-19-14-7-5-6-13(15(14)16)17-12-8-9-18(3)10-11(12)2/h5-7,11-12,17H,4,8-10,16H2,1-3H3. The molecule has 1 aromatic carbocycles. The number of ether oxygens (including phenoxy) is 1. The van der Waals surface area contributed by atoms with Gasteiger partial charge in [0, 0.05) is 12.6 Å². The summed E-state index contributed by atoms with van der Waals surface area (Å²) in [4.78, 5) is 2.38. The third-order valence-corrected chi connectivity index (χ3v) is 3.82. The van der Waals surface area contributed by atoms with Crippen LogP contribution in [-0.2, 0) is 0 Å². The number of rotatable bonds is 4. The van der Waals surface area contributed by atoms with E-state index in [0.717, 1.165) is 36.6 Å². The summed E-state index contributed by atoms with van der Waals surface area (Å²) in [6.45, 7) is 7.16. The zero-order valence-corrected chi connectivity index (χ0v) is 12.1. The highest BCUT2D eigenvalue weighted by Gasteiger charge is 2.24. The summed E-state index contributed by atoms with van der Waals surface area (Å²) in [7, 11) is 2.18. The van der Waals surface area contributed by atoms with Crippen molar-refractivity contribution in [1.82, 2.24) is 4.90 Å². The Balaban J connectivity index is 2.08. The Morgan fingerprint density at radius 2 is 2.26 bits per heavy atom. The van der Waals surface area contributed by atoms with Gasteiger partial charge in [-0.1, -0.05) is 13.0 Å². The van der Waals surface area contributed by atoms with Crippen LogP contribution in [-0.4, -0.2) is 37.7 Å². The molecule has 0 amide bonds. The third-order valence-electron chi connectivity index (χ3n) is 3.82. The van der Waals surface area contributed by atoms with Crippen LogP contribution in [0.15, 0.2) is 18.2 Å². The Morgan fingerprint density at radius 1 is 1.47 bits per heavy atom. The van der Waals surface area contributed by atoms with Gasteiger partial charge in [0.2, 0.25) is 0 Å². The fourth-order valence-electron chi connectivity index (χ4n) is 2.72. The van der Waals surface area contributed by atoms with Crippen molar-refractivity contribution < 1.29 is 4.74 Å². The number of benzene rings is 1. The Kier molecular flexibility index (Phi) is 4.53. The highest BCUT2D eigenvalue weighted by molar-refractivity contribution is 5.73. The predicted molar refractivity (Wildman–Crippen MR) is 80.7 cm³/mol. The third kappa shape index (κ3) is 3.32. The van der Waals surface area contributed by atoms with Crippen molar-refractivity contribution in [2.24, 2.45) is 5.92 Å². The van der Waals surface area contributed by atoms with Crippen molar-refractivity contribution >= 4 is 11.4 Å². The molecule has 1 heterocycles. The van der Waals surface area contributed by atoms with Crippen LogP contribution >= 0.6 is 0 Å². The van der Waals surface area contributed by atoms with E-state index in [1.807, 2.05) is 25.1 Å². The number of nitrogens with zero attached hydrogens (tertiary/aromatic N) is 1. The lowest BCUT2D eigenvalue weighted by Gasteiger charge is -2.36. The molecule has 2 unspecified atom stereocenters. The molecule has 0 radical (unpaired) electrons. The first kappa shape index (κ1) is 14.0. The summed E-state index contributed by atoms with van der Waals surface area (Å²) in [6, 6.07) is 6.42. The quantitative estimate of drug-likeness (QED) is 0.819. The molecule has 0 aliphatic carbocycles. The number of nitrogens with two attached hydrogens (primary N) is 1. The molecule has 19 heavy (non-hydrogen) atoms. The van der Waals surface area contributed by atoms with Gasteiger partial charge >= 0.3 is 0 Å². The summed E-state index contributed by atoms with van der Waals surface area (Å²) in [5, 5.41) is 3.59. The molecule has 0 bridgehead atoms. The van der Waals surface area contributed by atoms with E-state index in [1.165, 1.54) is 0 Å². The van der Waals surface area contributed by atoms with Gasteiger partial charge in [0.1, 0.15) is 5.75 Å². The van der Waals surface area contributed by atoms with Crippen LogP contribution in [0.5, 0.6) is 5.75 Å². The van der Waals surface area contributed by atoms with E-state index in [-0.39, 0.29) is 0 Å². The highest BCUT2D eigenvalue weighted by atomic mass is 16.5. The van der Waals surface area contributed by atoms with Crippen molar-refractivity contribution in [3.63, 3.8) is 0 Å². The lowest BCUT2D eigenvalue weighted by atomic mass is 9.94. The second-order valence-corrected chi connectivity index (χ2v) is 5.43. The maximum atomic E-state index is 6.16. The lowest BCUT2D eigenvalue weighted by molar-refractivity contribution is 0.206. The molecule has 0 saturated carbocycles. The summed E-state index contributed by atoms with van der Waals surface area (Å²) in [5.41, 5.74) is 7.87. The SMILES string of the molecule is CCOc1cccc(NC2CCN(C)CC2C)c1N. The summed E-state index contributed by atoms with van der Waals surface area (Å²) in [6.07, 6.45) is 1.15. The second kappa shape index (κ2) is 6.15. The van der Waals surface area contributed by atoms with Gasteiger partial charge in [-0.3, -0.25) is 0 Å². The largest absolute Gasteiger partial charge is 0.492 e. The molecule has 0 aromatic heterocycles. The first-order valence-electron chi connectivity index (χ1n) is 7.08. The summed E-state index contributed by atoms with van der Waals surface area (Å²) >= 11 is 0. The molecule has 2 rings (SSSR count). The van der Waals surface area contributed by atoms with E-state index in [1.54, 1.807) is 0 Å². The van der Waals surface area contributed by atoms with Gasteiger partial charge in [0.15, 0.2) is 0 Å². The number of nitrogen functional groups attached to an aromatic ring is 1. The Hall–Kier alpha value is -1.42. The number of piperidine rings is 1. The maximum absolute atomic E-state index is 6.16. The van der Waals surface area contributed by atoms with Crippen molar-refractivity contribution in [2.75, 3.05) is 37.8 Å². The van der Waals surface area contributed by atoms with Gasteiger partial charge in [0.25, 0.3) is 0 Å². The van der Waals surface area contributed by atoms with E-state index in [0.29, 0.717) is 18.6 Å². The van der Waals surface area contributed by atoms with Crippen LogP contribution in [0.25, 0.3) is 0 Å². The Labute approximate surface area is 115 Å². The fourth-order valence-corrected chi connectivity index (χ4v) is 2.72. The minimum Gasteiger partial charge on any atom is -0.492 e. The molecule has 1 saturated heterocycles. The molecular formula is C15H25N3O. The van der Waals surface area contributed by atoms with Crippen LogP contribution in [0, 0.1) is 5.92 Å². The maximum Gasteiger partial charge on any atom is 0.144 e. The van der Waals surface area contributed by atoms with Gasteiger partial charge in [-0.05, 0) is 45.0 Å².